The molecule has 32 heavy (non-hydrogen) atoms. The minimum absolute atomic E-state index is 0.0165. The number of benzene rings is 2. The third-order valence-corrected chi connectivity index (χ3v) is 6.36. The molecule has 3 aromatic rings. The Balaban J connectivity index is 1.39. The van der Waals surface area contributed by atoms with Gasteiger partial charge in [-0.1, -0.05) is 24.3 Å². The molecule has 0 aliphatic carbocycles. The molecule has 2 aliphatic heterocycles. The molecule has 0 bridgehead atoms. The van der Waals surface area contributed by atoms with E-state index in [1.54, 1.807) is 12.0 Å². The predicted molar refractivity (Wildman–Crippen MR) is 119 cm³/mol. The average Bonchev–Trinajstić information content (AvgIpc) is 3.46. The Morgan fingerprint density at radius 2 is 2.12 bits per heavy atom. The molecule has 0 radical (unpaired) electrons. The van der Waals surface area contributed by atoms with Crippen molar-refractivity contribution in [3.05, 3.63) is 71.5 Å². The highest BCUT2D eigenvalue weighted by Gasteiger charge is 2.33. The molecule has 3 heterocycles. The number of aromatic nitrogens is 2. The molecule has 0 spiro atoms. The van der Waals surface area contributed by atoms with Crippen molar-refractivity contribution >= 4 is 5.91 Å². The van der Waals surface area contributed by atoms with Crippen LogP contribution in [0.5, 0.6) is 5.75 Å². The zero-order chi connectivity index (χ0) is 22.1. The third kappa shape index (κ3) is 3.78. The van der Waals surface area contributed by atoms with E-state index in [9.17, 15) is 9.90 Å². The SMILES string of the molecule is COc1cccc(C(CO)N2Cc3ccc(-c4cnn(C5CCCCO5)c4)cc3C2=O)c1. The Bertz CT molecular complexity index is 1120. The van der Waals surface area contributed by atoms with E-state index in [4.69, 9.17) is 9.47 Å². The topological polar surface area (TPSA) is 76.8 Å². The molecule has 2 aliphatic rings. The number of carbonyl (C=O) groups is 1. The average molecular weight is 434 g/mol. The van der Waals surface area contributed by atoms with Gasteiger partial charge in [0.15, 0.2) is 0 Å². The van der Waals surface area contributed by atoms with Gasteiger partial charge in [-0.3, -0.25) is 4.79 Å². The number of fused-ring (bicyclic) bond motifs is 1. The molecular formula is C25H27N3O4. The van der Waals surface area contributed by atoms with Crippen molar-refractivity contribution in [1.29, 1.82) is 0 Å². The lowest BCUT2D eigenvalue weighted by atomic mass is 10.0. The largest absolute Gasteiger partial charge is 0.497 e. The summed E-state index contributed by atoms with van der Waals surface area (Å²) >= 11 is 0. The van der Waals surface area contributed by atoms with Gasteiger partial charge < -0.3 is 19.5 Å². The van der Waals surface area contributed by atoms with E-state index < -0.39 is 6.04 Å². The molecule has 166 valence electrons. The van der Waals surface area contributed by atoms with E-state index in [1.165, 1.54) is 0 Å². The van der Waals surface area contributed by atoms with Gasteiger partial charge in [-0.15, -0.1) is 0 Å². The van der Waals surface area contributed by atoms with Gasteiger partial charge in [0.2, 0.25) is 0 Å². The van der Waals surface area contributed by atoms with Crippen LogP contribution in [0.25, 0.3) is 11.1 Å². The van der Waals surface area contributed by atoms with Crippen molar-refractivity contribution in [3.63, 3.8) is 0 Å². The number of aliphatic hydroxyl groups is 1. The van der Waals surface area contributed by atoms with Crippen LogP contribution in [0.3, 0.4) is 0 Å². The Hall–Kier alpha value is -3.16. The number of ether oxygens (including phenoxy) is 2. The molecule has 5 rings (SSSR count). The van der Waals surface area contributed by atoms with Gasteiger partial charge in [-0.05, 0) is 54.2 Å². The van der Waals surface area contributed by atoms with Crippen molar-refractivity contribution in [2.75, 3.05) is 20.3 Å². The Morgan fingerprint density at radius 3 is 2.91 bits per heavy atom. The first-order valence-electron chi connectivity index (χ1n) is 11.0. The first-order chi connectivity index (χ1) is 15.7. The van der Waals surface area contributed by atoms with Crippen molar-refractivity contribution < 1.29 is 19.4 Å². The number of hydrogen-bond donors (Lipinski definition) is 1. The normalized spacial score (nSPS) is 19.1. The van der Waals surface area contributed by atoms with Gasteiger partial charge in [0.25, 0.3) is 5.91 Å². The van der Waals surface area contributed by atoms with E-state index in [1.807, 2.05) is 59.5 Å². The van der Waals surface area contributed by atoms with Crippen LogP contribution in [0.1, 0.15) is 53.0 Å². The monoisotopic (exact) mass is 433 g/mol. The van der Waals surface area contributed by atoms with E-state index >= 15 is 0 Å². The lowest BCUT2D eigenvalue weighted by molar-refractivity contribution is -0.0394. The van der Waals surface area contributed by atoms with E-state index in [0.29, 0.717) is 17.9 Å². The van der Waals surface area contributed by atoms with Gasteiger partial charge in [0, 0.05) is 30.5 Å². The fourth-order valence-electron chi connectivity index (χ4n) is 4.56. The number of carbonyl (C=O) groups excluding carboxylic acids is 1. The van der Waals surface area contributed by atoms with Gasteiger partial charge in [-0.25, -0.2) is 4.68 Å². The minimum atomic E-state index is -0.431. The Morgan fingerprint density at radius 1 is 1.22 bits per heavy atom. The number of rotatable bonds is 6. The smallest absolute Gasteiger partial charge is 0.255 e. The zero-order valence-electron chi connectivity index (χ0n) is 18.1. The summed E-state index contributed by atoms with van der Waals surface area (Å²) in [6, 6.07) is 13.0. The van der Waals surface area contributed by atoms with Crippen LogP contribution in [0.2, 0.25) is 0 Å². The maximum absolute atomic E-state index is 13.3. The molecule has 2 aromatic carbocycles. The maximum atomic E-state index is 13.3. The lowest BCUT2D eigenvalue weighted by Crippen LogP contribution is -2.31. The molecule has 2 atom stereocenters. The summed E-state index contributed by atoms with van der Waals surface area (Å²) in [4.78, 5) is 15.0. The molecule has 1 amide bonds. The molecule has 7 nitrogen and oxygen atoms in total. The number of aliphatic hydroxyl groups excluding tert-OH is 1. The van der Waals surface area contributed by atoms with Crippen molar-refractivity contribution in [3.8, 4) is 16.9 Å². The first kappa shape index (κ1) is 20.7. The predicted octanol–water partition coefficient (Wildman–Crippen LogP) is 3.95. The third-order valence-electron chi connectivity index (χ3n) is 6.36. The van der Waals surface area contributed by atoms with Gasteiger partial charge >= 0.3 is 0 Å². The fourth-order valence-corrected chi connectivity index (χ4v) is 4.56. The van der Waals surface area contributed by atoms with Crippen LogP contribution in [-0.2, 0) is 11.3 Å². The summed E-state index contributed by atoms with van der Waals surface area (Å²) in [5.41, 5.74) is 4.39. The Labute approximate surface area is 187 Å². The summed E-state index contributed by atoms with van der Waals surface area (Å²) in [5.74, 6) is 0.623. The fraction of sp³-hybridized carbons (Fsp3) is 0.360. The van der Waals surface area contributed by atoms with Crippen LogP contribution >= 0.6 is 0 Å². The molecule has 1 aromatic heterocycles. The van der Waals surface area contributed by atoms with Gasteiger partial charge in [-0.2, -0.15) is 5.10 Å². The minimum Gasteiger partial charge on any atom is -0.497 e. The maximum Gasteiger partial charge on any atom is 0.255 e. The number of methoxy groups -OCH3 is 1. The molecule has 7 heteroatoms. The second-order valence-electron chi connectivity index (χ2n) is 8.31. The molecule has 1 N–H and O–H groups in total. The van der Waals surface area contributed by atoms with Crippen LogP contribution in [-0.4, -0.2) is 46.0 Å². The van der Waals surface area contributed by atoms with E-state index in [0.717, 1.165) is 48.1 Å². The molecule has 1 saturated heterocycles. The van der Waals surface area contributed by atoms with E-state index in [2.05, 4.69) is 5.10 Å². The molecule has 0 saturated carbocycles. The van der Waals surface area contributed by atoms with Gasteiger partial charge in [0.05, 0.1) is 26.0 Å². The molecular weight excluding hydrogens is 406 g/mol. The number of nitrogens with zero attached hydrogens (tertiary/aromatic N) is 3. The molecule has 2 unspecified atom stereocenters. The standard InChI is InChI=1S/C25H27N3O4/c1-31-21-6-4-5-18(11-21)23(16-29)27-14-19-9-8-17(12-22(19)25(27)30)20-13-26-28(15-20)24-7-2-3-10-32-24/h4-6,8-9,11-13,15,23-24,29H,2-3,7,10,14,16H2,1H3. The van der Waals surface area contributed by atoms with Crippen LogP contribution in [0, 0.1) is 0 Å². The summed E-state index contributed by atoms with van der Waals surface area (Å²) in [6.45, 7) is 1.07. The summed E-state index contributed by atoms with van der Waals surface area (Å²) in [7, 11) is 1.61. The van der Waals surface area contributed by atoms with Gasteiger partial charge in [0.1, 0.15) is 12.0 Å². The summed E-state index contributed by atoms with van der Waals surface area (Å²) in [6.07, 6.45) is 7.00. The van der Waals surface area contributed by atoms with Crippen LogP contribution < -0.4 is 4.74 Å². The first-order valence-corrected chi connectivity index (χ1v) is 11.0. The lowest BCUT2D eigenvalue weighted by Gasteiger charge is -2.26. The van der Waals surface area contributed by atoms with Crippen molar-refractivity contribution in [2.24, 2.45) is 0 Å². The van der Waals surface area contributed by atoms with Crippen LogP contribution in [0.15, 0.2) is 54.9 Å². The highest BCUT2D eigenvalue weighted by molar-refractivity contribution is 5.99. The summed E-state index contributed by atoms with van der Waals surface area (Å²) in [5, 5.41) is 14.6. The second-order valence-corrected chi connectivity index (χ2v) is 8.31. The number of hydrogen-bond acceptors (Lipinski definition) is 5. The quantitative estimate of drug-likeness (QED) is 0.637. The number of amides is 1. The highest BCUT2D eigenvalue weighted by atomic mass is 16.5. The van der Waals surface area contributed by atoms with Crippen molar-refractivity contribution in [2.45, 2.75) is 38.1 Å². The Kier molecular flexibility index (Phi) is 5.68. The van der Waals surface area contributed by atoms with E-state index in [-0.39, 0.29) is 18.7 Å². The second kappa shape index (κ2) is 8.76. The zero-order valence-corrected chi connectivity index (χ0v) is 18.1. The highest BCUT2D eigenvalue weighted by Crippen LogP contribution is 2.35. The van der Waals surface area contributed by atoms with Crippen molar-refractivity contribution in [1.82, 2.24) is 14.7 Å². The molecule has 1 fully saturated rings. The van der Waals surface area contributed by atoms with Crippen LogP contribution in [0.4, 0.5) is 0 Å². The summed E-state index contributed by atoms with van der Waals surface area (Å²) < 4.78 is 13.0.